The number of hydrogen-bond donors (Lipinski definition) is 0. The van der Waals surface area contributed by atoms with Crippen LogP contribution in [-0.4, -0.2) is 43.6 Å². The quantitative estimate of drug-likeness (QED) is 0.592. The van der Waals surface area contributed by atoms with E-state index in [2.05, 4.69) is 28.2 Å². The summed E-state index contributed by atoms with van der Waals surface area (Å²) in [6.07, 6.45) is 3.72. The van der Waals surface area contributed by atoms with Gasteiger partial charge >= 0.3 is 0 Å². The van der Waals surface area contributed by atoms with E-state index in [0.29, 0.717) is 30.4 Å². The summed E-state index contributed by atoms with van der Waals surface area (Å²) in [6.45, 7) is 2.72. The van der Waals surface area contributed by atoms with Gasteiger partial charge in [0.15, 0.2) is 0 Å². The molecule has 5 rings (SSSR count). The van der Waals surface area contributed by atoms with Crippen LogP contribution >= 0.6 is 23.6 Å². The molecule has 2 fully saturated rings. The molecule has 28 heavy (non-hydrogen) atoms. The Morgan fingerprint density at radius 2 is 2.14 bits per heavy atom. The van der Waals surface area contributed by atoms with Crippen molar-refractivity contribution < 1.29 is 9.21 Å². The molecule has 0 bridgehead atoms. The van der Waals surface area contributed by atoms with E-state index in [1.165, 1.54) is 4.70 Å². The molecule has 2 aromatic heterocycles. The molecule has 4 heterocycles. The maximum absolute atomic E-state index is 11.8. The second-order valence-electron chi connectivity index (χ2n) is 7.31. The summed E-state index contributed by atoms with van der Waals surface area (Å²) >= 11 is 7.14. The third-order valence-electron chi connectivity index (χ3n) is 5.42. The van der Waals surface area contributed by atoms with Crippen LogP contribution in [0.1, 0.15) is 42.6 Å². The number of rotatable bonds is 5. The van der Waals surface area contributed by atoms with E-state index in [1.807, 2.05) is 6.07 Å². The smallest absolute Gasteiger partial charge is 0.288 e. The lowest BCUT2D eigenvalue weighted by Crippen LogP contribution is -2.27. The van der Waals surface area contributed by atoms with Crippen LogP contribution in [0.5, 0.6) is 0 Å². The summed E-state index contributed by atoms with van der Waals surface area (Å²) in [4.78, 5) is 21.2. The number of likely N-dealkylation sites (tertiary alicyclic amines) is 2. The van der Waals surface area contributed by atoms with E-state index in [4.69, 9.17) is 21.6 Å². The first-order valence-electron chi connectivity index (χ1n) is 9.61. The number of aromatic nitrogens is 3. The summed E-state index contributed by atoms with van der Waals surface area (Å²) < 4.78 is 8.61. The minimum atomic E-state index is 0.158. The molecule has 1 aromatic carbocycles. The number of amides is 1. The first-order valence-corrected chi connectivity index (χ1v) is 10.8. The number of carbonyl (C=O) groups excluding carboxylic acids is 1. The molecular weight excluding hydrogens is 394 g/mol. The molecule has 0 aliphatic carbocycles. The Labute approximate surface area is 171 Å². The third kappa shape index (κ3) is 3.38. The summed E-state index contributed by atoms with van der Waals surface area (Å²) in [7, 11) is 0. The molecule has 2 aliphatic rings. The number of benzene rings is 1. The summed E-state index contributed by atoms with van der Waals surface area (Å²) in [5, 5.41) is 5.68. The maximum Gasteiger partial charge on any atom is 0.288 e. The van der Waals surface area contributed by atoms with Crippen molar-refractivity contribution in [2.75, 3.05) is 13.1 Å². The molecule has 2 saturated heterocycles. The fourth-order valence-electron chi connectivity index (χ4n) is 4.02. The summed E-state index contributed by atoms with van der Waals surface area (Å²) in [5.74, 6) is 0.669. The van der Waals surface area contributed by atoms with Crippen molar-refractivity contribution in [2.24, 2.45) is 0 Å². The molecule has 0 radical (unpaired) electrons. The number of para-hydroxylation sites is 1. The van der Waals surface area contributed by atoms with Gasteiger partial charge in [-0.05, 0) is 43.6 Å². The molecule has 0 N–H and O–H groups in total. The van der Waals surface area contributed by atoms with Crippen molar-refractivity contribution in [3.63, 3.8) is 0 Å². The van der Waals surface area contributed by atoms with Gasteiger partial charge in [-0.25, -0.2) is 9.67 Å². The van der Waals surface area contributed by atoms with E-state index < -0.39 is 0 Å². The van der Waals surface area contributed by atoms with Gasteiger partial charge < -0.3 is 9.32 Å². The van der Waals surface area contributed by atoms with Gasteiger partial charge in [-0.1, -0.05) is 12.1 Å². The van der Waals surface area contributed by atoms with E-state index >= 15 is 0 Å². The molecule has 3 aromatic rings. The fourth-order valence-corrected chi connectivity index (χ4v) is 5.35. The van der Waals surface area contributed by atoms with Crippen LogP contribution < -0.4 is 0 Å². The number of fused-ring (bicyclic) bond motifs is 1. The number of nitrogens with zero attached hydrogens (tertiary/aromatic N) is 5. The van der Waals surface area contributed by atoms with Gasteiger partial charge in [0.05, 0.1) is 29.5 Å². The standard InChI is InChI=1S/C19H21N5O2S2/c25-17-8-4-9-22(17)11-16-21-24(19(27)26-16)12-23-10-3-6-14(23)18-20-13-5-1-2-7-15(13)28-18/h1-2,5,7,14H,3-4,6,8-12H2/t14-/m0/s1. The van der Waals surface area contributed by atoms with E-state index in [0.717, 1.165) is 42.9 Å². The van der Waals surface area contributed by atoms with Gasteiger partial charge in [-0.15, -0.1) is 16.4 Å². The fraction of sp³-hybridized carbons (Fsp3) is 0.474. The van der Waals surface area contributed by atoms with Crippen LogP contribution in [0, 0.1) is 4.84 Å². The summed E-state index contributed by atoms with van der Waals surface area (Å²) in [5.41, 5.74) is 1.06. The van der Waals surface area contributed by atoms with Crippen LogP contribution in [0.25, 0.3) is 10.2 Å². The molecule has 0 saturated carbocycles. The van der Waals surface area contributed by atoms with Crippen LogP contribution in [0.3, 0.4) is 0 Å². The Hall–Kier alpha value is -2.10. The molecule has 1 atom stereocenters. The highest BCUT2D eigenvalue weighted by atomic mass is 32.1. The molecule has 2 aliphatic heterocycles. The lowest BCUT2D eigenvalue weighted by atomic mass is 10.2. The molecule has 7 nitrogen and oxygen atoms in total. The van der Waals surface area contributed by atoms with Crippen molar-refractivity contribution in [3.05, 3.63) is 40.0 Å². The molecule has 0 unspecified atom stereocenters. The van der Waals surface area contributed by atoms with Crippen LogP contribution in [-0.2, 0) is 18.0 Å². The van der Waals surface area contributed by atoms with Crippen LogP contribution in [0.15, 0.2) is 28.7 Å². The second-order valence-corrected chi connectivity index (χ2v) is 8.72. The number of hydrogen-bond acceptors (Lipinski definition) is 7. The Bertz CT molecular complexity index is 1040. The molecule has 9 heteroatoms. The maximum atomic E-state index is 11.8. The SMILES string of the molecule is O=C1CCCN1Cc1nn(CN2CCC[C@H]2c2nc3ccccc3s2)c(=S)o1. The Kier molecular flexibility index (Phi) is 4.73. The predicted octanol–water partition coefficient (Wildman–Crippen LogP) is 3.73. The van der Waals surface area contributed by atoms with Crippen molar-refractivity contribution >= 4 is 39.7 Å². The third-order valence-corrected chi connectivity index (χ3v) is 6.85. The van der Waals surface area contributed by atoms with Crippen LogP contribution in [0.4, 0.5) is 0 Å². The molecule has 1 amide bonds. The highest BCUT2D eigenvalue weighted by Gasteiger charge is 2.30. The van der Waals surface area contributed by atoms with Gasteiger partial charge in [0, 0.05) is 19.5 Å². The first-order chi connectivity index (χ1) is 13.7. The number of carbonyl (C=O) groups is 1. The Morgan fingerprint density at radius 1 is 1.25 bits per heavy atom. The van der Waals surface area contributed by atoms with E-state index in [1.54, 1.807) is 20.9 Å². The first kappa shape index (κ1) is 18.0. The highest BCUT2D eigenvalue weighted by Crippen LogP contribution is 2.36. The second kappa shape index (κ2) is 7.38. The monoisotopic (exact) mass is 415 g/mol. The van der Waals surface area contributed by atoms with E-state index in [9.17, 15) is 4.79 Å². The average molecular weight is 416 g/mol. The predicted molar refractivity (Wildman–Crippen MR) is 108 cm³/mol. The van der Waals surface area contributed by atoms with Gasteiger partial charge in [0.2, 0.25) is 11.8 Å². The Balaban J connectivity index is 1.33. The summed E-state index contributed by atoms with van der Waals surface area (Å²) in [6, 6.07) is 8.54. The molecule has 146 valence electrons. The minimum Gasteiger partial charge on any atom is -0.412 e. The lowest BCUT2D eigenvalue weighted by Gasteiger charge is -2.21. The normalized spacial score (nSPS) is 20.6. The minimum absolute atomic E-state index is 0.158. The van der Waals surface area contributed by atoms with Gasteiger partial charge in [0.25, 0.3) is 4.84 Å². The molecule has 0 spiro atoms. The van der Waals surface area contributed by atoms with Crippen molar-refractivity contribution in [3.8, 4) is 0 Å². The van der Waals surface area contributed by atoms with Crippen LogP contribution in [0.2, 0.25) is 0 Å². The zero-order valence-corrected chi connectivity index (χ0v) is 17.0. The van der Waals surface area contributed by atoms with Gasteiger partial charge in [0.1, 0.15) is 5.01 Å². The number of thiazole rings is 1. The Morgan fingerprint density at radius 3 is 2.96 bits per heavy atom. The van der Waals surface area contributed by atoms with Crippen molar-refractivity contribution in [1.29, 1.82) is 0 Å². The topological polar surface area (TPSA) is 67.4 Å². The van der Waals surface area contributed by atoms with Crippen molar-refractivity contribution in [2.45, 2.75) is 44.9 Å². The van der Waals surface area contributed by atoms with Crippen molar-refractivity contribution in [1.82, 2.24) is 24.6 Å². The zero-order chi connectivity index (χ0) is 19.1. The van der Waals surface area contributed by atoms with Gasteiger partial charge in [-0.3, -0.25) is 9.69 Å². The van der Waals surface area contributed by atoms with Gasteiger partial charge in [-0.2, -0.15) is 0 Å². The molecular formula is C19H21N5O2S2. The van der Waals surface area contributed by atoms with E-state index in [-0.39, 0.29) is 11.9 Å². The lowest BCUT2D eigenvalue weighted by molar-refractivity contribution is -0.128. The largest absolute Gasteiger partial charge is 0.412 e. The zero-order valence-electron chi connectivity index (χ0n) is 15.4. The average Bonchev–Trinajstić information content (AvgIpc) is 3.44. The highest BCUT2D eigenvalue weighted by molar-refractivity contribution is 7.71.